The number of nitrogens with one attached hydrogen (secondary N) is 2. The number of carbonyl (C=O) groups excluding carboxylic acids is 1. The van der Waals surface area contributed by atoms with Crippen LogP contribution in [0.25, 0.3) is 10.9 Å². The molecule has 0 fully saturated rings. The third-order valence-corrected chi connectivity index (χ3v) is 1.98. The minimum absolute atomic E-state index is 0.163. The molecule has 1 amide bonds. The van der Waals surface area contributed by atoms with Crippen LogP contribution in [0.3, 0.4) is 0 Å². The summed E-state index contributed by atoms with van der Waals surface area (Å²) in [4.78, 5) is 14.0. The molecule has 0 saturated carbocycles. The largest absolute Gasteiger partial charge is 0.508 e. The normalized spacial score (nSPS) is 10.4. The van der Waals surface area contributed by atoms with Gasteiger partial charge >= 0.3 is 0 Å². The van der Waals surface area contributed by atoms with E-state index >= 15 is 0 Å². The number of carbonyl (C=O) groups is 1. The van der Waals surface area contributed by atoms with Crippen LogP contribution in [-0.2, 0) is 0 Å². The number of phenols is 1. The maximum absolute atomic E-state index is 11.1. The summed E-state index contributed by atoms with van der Waals surface area (Å²) in [6, 6.07) is 6.43. The summed E-state index contributed by atoms with van der Waals surface area (Å²) >= 11 is 0. The average molecular weight is 191 g/mol. The van der Waals surface area contributed by atoms with Gasteiger partial charge in [0.2, 0.25) is 0 Å². The molecule has 5 heteroatoms. The second kappa shape index (κ2) is 3.04. The Balaban J connectivity index is 2.56. The molecule has 0 unspecified atom stereocenters. The number of hydrogen-bond acceptors (Lipinski definition) is 3. The van der Waals surface area contributed by atoms with Crippen molar-refractivity contribution in [1.82, 2.24) is 10.4 Å². The molecule has 5 nitrogen and oxygen atoms in total. The van der Waals surface area contributed by atoms with Gasteiger partial charge in [0.15, 0.2) is 0 Å². The topological polar surface area (TPSA) is 91.1 Å². The lowest BCUT2D eigenvalue weighted by Crippen LogP contribution is -2.30. The van der Waals surface area contributed by atoms with Crippen LogP contribution in [0.5, 0.6) is 5.75 Å². The van der Waals surface area contributed by atoms with Crippen LogP contribution in [-0.4, -0.2) is 16.0 Å². The first-order chi connectivity index (χ1) is 6.70. The highest BCUT2D eigenvalue weighted by Gasteiger charge is 2.07. The van der Waals surface area contributed by atoms with E-state index in [4.69, 9.17) is 5.84 Å². The molecule has 1 heterocycles. The summed E-state index contributed by atoms with van der Waals surface area (Å²) in [5, 5.41) is 9.96. The standard InChI is InChI=1S/C9H9N3O2/c10-12-9(14)8-4-5-3-6(13)1-2-7(5)11-8/h1-4,11,13H,10H2,(H,12,14). The van der Waals surface area contributed by atoms with E-state index in [1.165, 1.54) is 0 Å². The molecule has 0 aliphatic rings. The highest BCUT2D eigenvalue weighted by atomic mass is 16.3. The third-order valence-electron chi connectivity index (χ3n) is 1.98. The molecular weight excluding hydrogens is 182 g/mol. The van der Waals surface area contributed by atoms with E-state index in [0.29, 0.717) is 5.69 Å². The van der Waals surface area contributed by atoms with Gasteiger partial charge < -0.3 is 10.1 Å². The number of amides is 1. The minimum Gasteiger partial charge on any atom is -0.508 e. The van der Waals surface area contributed by atoms with Crippen LogP contribution >= 0.6 is 0 Å². The average Bonchev–Trinajstić information content (AvgIpc) is 2.59. The maximum atomic E-state index is 11.1. The fourth-order valence-electron chi connectivity index (χ4n) is 1.32. The van der Waals surface area contributed by atoms with Gasteiger partial charge in [-0.1, -0.05) is 0 Å². The van der Waals surface area contributed by atoms with Crippen molar-refractivity contribution in [2.75, 3.05) is 0 Å². The van der Waals surface area contributed by atoms with Crippen molar-refractivity contribution < 1.29 is 9.90 Å². The number of phenolic OH excluding ortho intramolecular Hbond substituents is 1. The molecule has 0 aliphatic heterocycles. The number of fused-ring (bicyclic) bond motifs is 1. The Morgan fingerprint density at radius 3 is 2.93 bits per heavy atom. The van der Waals surface area contributed by atoms with Gasteiger partial charge in [-0.2, -0.15) is 0 Å². The quantitative estimate of drug-likeness (QED) is 0.300. The Bertz CT molecular complexity index is 490. The van der Waals surface area contributed by atoms with Gasteiger partial charge in [0.05, 0.1) is 0 Å². The van der Waals surface area contributed by atoms with Crippen molar-refractivity contribution in [3.05, 3.63) is 30.0 Å². The Hall–Kier alpha value is -2.01. The highest BCUT2D eigenvalue weighted by molar-refractivity contribution is 5.97. The molecule has 0 radical (unpaired) electrons. The Kier molecular flexibility index (Phi) is 1.86. The van der Waals surface area contributed by atoms with Crippen molar-refractivity contribution in [2.45, 2.75) is 0 Å². The molecule has 0 bridgehead atoms. The number of benzene rings is 1. The van der Waals surface area contributed by atoms with Crippen molar-refractivity contribution in [3.8, 4) is 5.75 Å². The van der Waals surface area contributed by atoms with Crippen LogP contribution in [0, 0.1) is 0 Å². The molecule has 0 spiro atoms. The van der Waals surface area contributed by atoms with Gasteiger partial charge in [-0.15, -0.1) is 0 Å². The van der Waals surface area contributed by atoms with Gasteiger partial charge in [-0.05, 0) is 24.3 Å². The van der Waals surface area contributed by atoms with E-state index in [9.17, 15) is 9.90 Å². The first-order valence-corrected chi connectivity index (χ1v) is 4.03. The number of rotatable bonds is 1. The zero-order valence-corrected chi connectivity index (χ0v) is 7.24. The van der Waals surface area contributed by atoms with Gasteiger partial charge in [0.1, 0.15) is 11.4 Å². The predicted octanol–water partition coefficient (Wildman–Crippen LogP) is 0.477. The number of aromatic hydroxyl groups is 1. The van der Waals surface area contributed by atoms with E-state index in [0.717, 1.165) is 10.9 Å². The minimum atomic E-state index is -0.388. The van der Waals surface area contributed by atoms with Crippen molar-refractivity contribution >= 4 is 16.8 Å². The van der Waals surface area contributed by atoms with Crippen LogP contribution in [0.4, 0.5) is 0 Å². The van der Waals surface area contributed by atoms with Crippen LogP contribution in [0.2, 0.25) is 0 Å². The summed E-state index contributed by atoms with van der Waals surface area (Å²) in [7, 11) is 0. The monoisotopic (exact) mass is 191 g/mol. The van der Waals surface area contributed by atoms with E-state index in [1.807, 2.05) is 5.43 Å². The van der Waals surface area contributed by atoms with Gasteiger partial charge in [0.25, 0.3) is 5.91 Å². The van der Waals surface area contributed by atoms with Crippen molar-refractivity contribution in [3.63, 3.8) is 0 Å². The maximum Gasteiger partial charge on any atom is 0.281 e. The van der Waals surface area contributed by atoms with Gasteiger partial charge in [-0.25, -0.2) is 5.84 Å². The number of nitrogen functional groups attached to an aromatic ring is 1. The van der Waals surface area contributed by atoms with E-state index in [-0.39, 0.29) is 11.7 Å². The lowest BCUT2D eigenvalue weighted by Gasteiger charge is -1.92. The Morgan fingerprint density at radius 2 is 2.21 bits per heavy atom. The number of H-pyrrole nitrogens is 1. The Morgan fingerprint density at radius 1 is 1.43 bits per heavy atom. The van der Waals surface area contributed by atoms with E-state index in [1.54, 1.807) is 24.3 Å². The van der Waals surface area contributed by atoms with Gasteiger partial charge in [-0.3, -0.25) is 10.2 Å². The fraction of sp³-hybridized carbons (Fsp3) is 0. The highest BCUT2D eigenvalue weighted by Crippen LogP contribution is 2.20. The van der Waals surface area contributed by atoms with E-state index in [2.05, 4.69) is 4.98 Å². The molecule has 14 heavy (non-hydrogen) atoms. The summed E-state index contributed by atoms with van der Waals surface area (Å²) in [6.45, 7) is 0. The lowest BCUT2D eigenvalue weighted by molar-refractivity contribution is 0.0949. The molecule has 1 aromatic carbocycles. The molecule has 0 saturated heterocycles. The Labute approximate surface area is 79.5 Å². The van der Waals surface area contributed by atoms with E-state index < -0.39 is 0 Å². The van der Waals surface area contributed by atoms with Crippen LogP contribution in [0.1, 0.15) is 10.5 Å². The van der Waals surface area contributed by atoms with Crippen LogP contribution < -0.4 is 11.3 Å². The second-order valence-corrected chi connectivity index (χ2v) is 2.93. The zero-order valence-electron chi connectivity index (χ0n) is 7.24. The summed E-state index contributed by atoms with van der Waals surface area (Å²) < 4.78 is 0. The molecule has 0 atom stereocenters. The van der Waals surface area contributed by atoms with Crippen LogP contribution in [0.15, 0.2) is 24.3 Å². The smallest absolute Gasteiger partial charge is 0.281 e. The molecule has 2 rings (SSSR count). The predicted molar refractivity (Wildman–Crippen MR) is 51.6 cm³/mol. The molecule has 5 N–H and O–H groups in total. The molecule has 2 aromatic rings. The van der Waals surface area contributed by atoms with Crippen molar-refractivity contribution in [2.24, 2.45) is 5.84 Å². The number of hydrazine groups is 1. The number of aromatic amines is 1. The first kappa shape index (κ1) is 8.58. The molecular formula is C9H9N3O2. The third kappa shape index (κ3) is 1.29. The SMILES string of the molecule is NNC(=O)c1cc2cc(O)ccc2[nH]1. The fourth-order valence-corrected chi connectivity index (χ4v) is 1.32. The summed E-state index contributed by atoms with van der Waals surface area (Å²) in [5.74, 6) is 4.76. The number of aromatic nitrogens is 1. The molecule has 0 aliphatic carbocycles. The summed E-state index contributed by atoms with van der Waals surface area (Å²) in [5.41, 5.74) is 3.17. The number of nitrogens with two attached hydrogens (primary N) is 1. The first-order valence-electron chi connectivity index (χ1n) is 4.03. The second-order valence-electron chi connectivity index (χ2n) is 2.93. The number of hydrogen-bond donors (Lipinski definition) is 4. The summed E-state index contributed by atoms with van der Waals surface area (Å²) in [6.07, 6.45) is 0. The van der Waals surface area contributed by atoms with Gasteiger partial charge in [0, 0.05) is 10.9 Å². The van der Waals surface area contributed by atoms with Crippen molar-refractivity contribution in [1.29, 1.82) is 0 Å². The zero-order chi connectivity index (χ0) is 10.1. The molecule has 72 valence electrons. The molecule has 1 aromatic heterocycles. The lowest BCUT2D eigenvalue weighted by atomic mass is 10.2.